The van der Waals surface area contributed by atoms with Crippen molar-refractivity contribution in [3.63, 3.8) is 0 Å². The van der Waals surface area contributed by atoms with Crippen LogP contribution in [0.25, 0.3) is 11.7 Å². The molecule has 3 aromatic heterocycles. The van der Waals surface area contributed by atoms with Gasteiger partial charge in [-0.25, -0.2) is 9.79 Å². The molecule has 0 radical (unpaired) electrons. The van der Waals surface area contributed by atoms with Crippen molar-refractivity contribution in [3.8, 4) is 5.88 Å². The molecule has 134 valence electrons. The second-order valence-corrected chi connectivity index (χ2v) is 6.80. The van der Waals surface area contributed by atoms with Crippen LogP contribution in [-0.4, -0.2) is 46.7 Å². The van der Waals surface area contributed by atoms with Crippen LogP contribution in [0.3, 0.4) is 0 Å². The molecule has 0 amide bonds. The Morgan fingerprint density at radius 2 is 2.12 bits per heavy atom. The van der Waals surface area contributed by atoms with E-state index in [4.69, 9.17) is 0 Å². The predicted octanol–water partition coefficient (Wildman–Crippen LogP) is -0.578. The Balaban J connectivity index is 1.68. The number of fused-ring (bicyclic) bond motifs is 1. The van der Waals surface area contributed by atoms with E-state index in [9.17, 15) is 9.90 Å². The van der Waals surface area contributed by atoms with Crippen LogP contribution in [0.2, 0.25) is 0 Å². The van der Waals surface area contributed by atoms with Gasteiger partial charge in [-0.1, -0.05) is 0 Å². The van der Waals surface area contributed by atoms with Crippen molar-refractivity contribution in [2.45, 2.75) is 44.2 Å². The number of rotatable bonds is 4. The molecule has 0 aromatic carbocycles. The molecule has 10 heteroatoms. The maximum Gasteiger partial charge on any atom is 0.326 e. The standard InChI is InChI=1S/C16H18N8O2/c25-13-11(20-16(26)22-13)6-8-7-17-24-12(8)21-14(18-9-2-1-3-9)23-15(24)19-10-4-5-10/h6-7,9-10,25H,1-5H2,(H,18,19,23)(H2,20,22,26)/b8-6+. The van der Waals surface area contributed by atoms with E-state index in [0.29, 0.717) is 34.5 Å². The quantitative estimate of drug-likeness (QED) is 0.495. The first kappa shape index (κ1) is 15.1. The molecule has 0 bridgehead atoms. The van der Waals surface area contributed by atoms with Crippen LogP contribution in [0.1, 0.15) is 37.8 Å². The number of anilines is 1. The summed E-state index contributed by atoms with van der Waals surface area (Å²) in [5.74, 6) is 0.308. The predicted molar refractivity (Wildman–Crippen MR) is 92.5 cm³/mol. The fraction of sp³-hybridized carbons (Fsp3) is 0.438. The molecule has 2 aliphatic rings. The first-order chi connectivity index (χ1) is 12.7. The Hall–Kier alpha value is -3.17. The number of nitrogens with one attached hydrogen (secondary N) is 3. The minimum atomic E-state index is -0.475. The van der Waals surface area contributed by atoms with E-state index in [2.05, 4.69) is 35.3 Å². The number of aromatic amines is 2. The van der Waals surface area contributed by atoms with Crippen LogP contribution >= 0.6 is 0 Å². The zero-order valence-corrected chi connectivity index (χ0v) is 13.9. The third-order valence-corrected chi connectivity index (χ3v) is 4.70. The van der Waals surface area contributed by atoms with Gasteiger partial charge in [0.05, 0.1) is 12.2 Å². The Morgan fingerprint density at radius 1 is 1.27 bits per heavy atom. The van der Waals surface area contributed by atoms with Gasteiger partial charge >= 0.3 is 5.69 Å². The molecule has 5 rings (SSSR count). The van der Waals surface area contributed by atoms with Crippen LogP contribution < -0.4 is 21.8 Å². The molecule has 2 fully saturated rings. The summed E-state index contributed by atoms with van der Waals surface area (Å²) in [4.78, 5) is 29.9. The average Bonchev–Trinajstić information content (AvgIpc) is 3.20. The Morgan fingerprint density at radius 3 is 2.77 bits per heavy atom. The maximum absolute atomic E-state index is 11.3. The molecule has 0 saturated heterocycles. The first-order valence-electron chi connectivity index (χ1n) is 8.75. The monoisotopic (exact) mass is 354 g/mol. The second kappa shape index (κ2) is 5.68. The summed E-state index contributed by atoms with van der Waals surface area (Å²) in [6, 6.07) is 0.693. The van der Waals surface area contributed by atoms with Gasteiger partial charge in [0.2, 0.25) is 11.8 Å². The molecular weight excluding hydrogens is 336 g/mol. The van der Waals surface area contributed by atoms with Crippen molar-refractivity contribution in [3.05, 3.63) is 33.2 Å². The average molecular weight is 354 g/mol. The highest BCUT2D eigenvalue weighted by Gasteiger charge is 2.22. The highest BCUT2D eigenvalue weighted by Crippen LogP contribution is 2.23. The lowest BCUT2D eigenvalue weighted by Crippen LogP contribution is -2.31. The van der Waals surface area contributed by atoms with Gasteiger partial charge < -0.3 is 15.4 Å². The van der Waals surface area contributed by atoms with E-state index >= 15 is 0 Å². The molecule has 3 heterocycles. The van der Waals surface area contributed by atoms with Gasteiger partial charge in [-0.15, -0.1) is 0 Å². The highest BCUT2D eigenvalue weighted by molar-refractivity contribution is 5.57. The number of hydrogen-bond acceptors (Lipinski definition) is 7. The summed E-state index contributed by atoms with van der Waals surface area (Å²) >= 11 is 0. The van der Waals surface area contributed by atoms with Crippen molar-refractivity contribution in [2.24, 2.45) is 4.99 Å². The van der Waals surface area contributed by atoms with Crippen LogP contribution in [0.5, 0.6) is 5.88 Å². The smallest absolute Gasteiger partial charge is 0.326 e. The molecule has 0 spiro atoms. The van der Waals surface area contributed by atoms with Crippen molar-refractivity contribution >= 4 is 17.7 Å². The molecule has 26 heavy (non-hydrogen) atoms. The van der Waals surface area contributed by atoms with Crippen LogP contribution in [0, 0.1) is 0 Å². The van der Waals surface area contributed by atoms with Crippen LogP contribution in [0.4, 0.5) is 5.95 Å². The van der Waals surface area contributed by atoms with Gasteiger partial charge in [0, 0.05) is 11.3 Å². The number of hydrogen-bond donors (Lipinski definition) is 4. The fourth-order valence-corrected chi connectivity index (χ4v) is 2.88. The summed E-state index contributed by atoms with van der Waals surface area (Å²) in [5, 5.41) is 18.1. The fourth-order valence-electron chi connectivity index (χ4n) is 2.88. The van der Waals surface area contributed by atoms with Crippen molar-refractivity contribution in [2.75, 3.05) is 5.32 Å². The third-order valence-electron chi connectivity index (χ3n) is 4.70. The lowest BCUT2D eigenvalue weighted by Gasteiger charge is -2.26. The Kier molecular flexibility index (Phi) is 3.30. The largest absolute Gasteiger partial charge is 0.493 e. The third kappa shape index (κ3) is 2.72. The first-order valence-corrected chi connectivity index (χ1v) is 8.75. The molecule has 3 aromatic rings. The minimum absolute atomic E-state index is 0.223. The number of aromatic nitrogens is 6. The van der Waals surface area contributed by atoms with E-state index in [1.807, 2.05) is 0 Å². The van der Waals surface area contributed by atoms with Crippen molar-refractivity contribution in [1.82, 2.24) is 29.5 Å². The van der Waals surface area contributed by atoms with Gasteiger partial charge in [0.25, 0.3) is 5.62 Å². The summed E-state index contributed by atoms with van der Waals surface area (Å²) in [7, 11) is 0. The summed E-state index contributed by atoms with van der Waals surface area (Å²) < 4.78 is 1.60. The van der Waals surface area contributed by atoms with E-state index in [1.165, 1.54) is 6.42 Å². The molecule has 0 atom stereocenters. The molecule has 4 N–H and O–H groups in total. The van der Waals surface area contributed by atoms with E-state index in [0.717, 1.165) is 25.7 Å². The minimum Gasteiger partial charge on any atom is -0.493 e. The van der Waals surface area contributed by atoms with Crippen molar-refractivity contribution < 1.29 is 5.11 Å². The molecule has 0 aliphatic heterocycles. The molecule has 10 nitrogen and oxygen atoms in total. The highest BCUT2D eigenvalue weighted by atomic mass is 16.3. The van der Waals surface area contributed by atoms with E-state index < -0.39 is 5.69 Å². The summed E-state index contributed by atoms with van der Waals surface area (Å²) in [6.07, 6.45) is 8.81. The van der Waals surface area contributed by atoms with Gasteiger partial charge in [0.15, 0.2) is 5.65 Å². The molecular formula is C16H18N8O2. The number of H-pyrrole nitrogens is 2. The lowest BCUT2D eigenvalue weighted by atomic mass is 9.93. The Labute approximate surface area is 146 Å². The van der Waals surface area contributed by atoms with Crippen LogP contribution in [-0.2, 0) is 0 Å². The lowest BCUT2D eigenvalue weighted by molar-refractivity contribution is 0.442. The number of aromatic hydroxyl groups is 1. The maximum atomic E-state index is 11.3. The van der Waals surface area contributed by atoms with Crippen molar-refractivity contribution in [1.29, 1.82) is 0 Å². The SMILES string of the molecule is O=c1[nH]c(O)c(/C=c2\cnn3c(=NC4CC4)nc(NC4CCC4)nc23)[nH]1. The van der Waals surface area contributed by atoms with E-state index in [-0.39, 0.29) is 11.6 Å². The zero-order chi connectivity index (χ0) is 17.7. The topological polar surface area (TPSA) is 136 Å². The van der Waals surface area contributed by atoms with Crippen LogP contribution in [0.15, 0.2) is 16.0 Å². The van der Waals surface area contributed by atoms with Gasteiger partial charge in [-0.2, -0.15) is 19.6 Å². The Bertz CT molecular complexity index is 1150. The normalized spacial score (nSPS) is 19.2. The van der Waals surface area contributed by atoms with Gasteiger partial charge in [-0.05, 0) is 38.2 Å². The summed E-state index contributed by atoms with van der Waals surface area (Å²) in [5.41, 5.74) is 0.891. The number of nitrogens with zero attached hydrogens (tertiary/aromatic N) is 5. The number of imidazole rings is 1. The van der Waals surface area contributed by atoms with Gasteiger partial charge in [-0.3, -0.25) is 4.98 Å². The molecule has 2 saturated carbocycles. The molecule has 2 aliphatic carbocycles. The second-order valence-electron chi connectivity index (χ2n) is 6.80. The zero-order valence-electron chi connectivity index (χ0n) is 13.9. The van der Waals surface area contributed by atoms with E-state index in [1.54, 1.807) is 16.8 Å². The summed E-state index contributed by atoms with van der Waals surface area (Å²) in [6.45, 7) is 0. The molecule has 0 unspecified atom stereocenters. The van der Waals surface area contributed by atoms with Gasteiger partial charge in [0.1, 0.15) is 5.69 Å².